The Bertz CT molecular complexity index is 379. The molecule has 0 radical (unpaired) electrons. The summed E-state index contributed by atoms with van der Waals surface area (Å²) in [5, 5.41) is 0. The summed E-state index contributed by atoms with van der Waals surface area (Å²) >= 11 is 0. The quantitative estimate of drug-likeness (QED) is 0.421. The molecule has 0 bridgehead atoms. The van der Waals surface area contributed by atoms with Gasteiger partial charge in [-0.1, -0.05) is 24.1 Å². The van der Waals surface area contributed by atoms with Crippen LogP contribution in [0.15, 0.2) is 23.3 Å². The molecule has 2 rings (SSSR count). The van der Waals surface area contributed by atoms with Gasteiger partial charge in [0.15, 0.2) is 0 Å². The highest BCUT2D eigenvalue weighted by Crippen LogP contribution is 2.45. The van der Waals surface area contributed by atoms with Crippen LogP contribution < -0.4 is 0 Å². The van der Waals surface area contributed by atoms with Gasteiger partial charge in [-0.15, -0.1) is 0 Å². The highest BCUT2D eigenvalue weighted by molar-refractivity contribution is 5.83. The largest absolute Gasteiger partial charge is 0.463 e. The predicted octanol–water partition coefficient (Wildman–Crippen LogP) is 3.88. The zero-order chi connectivity index (χ0) is 13.1. The molecule has 0 saturated heterocycles. The zero-order valence-electron chi connectivity index (χ0n) is 11.7. The Morgan fingerprint density at radius 3 is 2.94 bits per heavy atom. The Balaban J connectivity index is 2.20. The van der Waals surface area contributed by atoms with Crippen LogP contribution in [0.1, 0.15) is 46.5 Å². The van der Waals surface area contributed by atoms with Crippen LogP contribution in [0.5, 0.6) is 0 Å². The predicted molar refractivity (Wildman–Crippen MR) is 73.1 cm³/mol. The van der Waals surface area contributed by atoms with Gasteiger partial charge in [0.25, 0.3) is 0 Å². The number of allylic oxidation sites excluding steroid dienone is 3. The van der Waals surface area contributed by atoms with E-state index in [-0.39, 0.29) is 5.97 Å². The van der Waals surface area contributed by atoms with Gasteiger partial charge in [0.1, 0.15) is 0 Å². The summed E-state index contributed by atoms with van der Waals surface area (Å²) in [4.78, 5) is 11.6. The molecule has 2 aliphatic carbocycles. The van der Waals surface area contributed by atoms with Gasteiger partial charge in [-0.3, -0.25) is 0 Å². The maximum atomic E-state index is 11.6. The minimum atomic E-state index is -0.169. The molecule has 0 aromatic carbocycles. The monoisotopic (exact) mass is 248 g/mol. The van der Waals surface area contributed by atoms with Crippen molar-refractivity contribution >= 4 is 5.97 Å². The SMILES string of the molecule is CCOC(=O)/C=C1\CC[C@H](C)[C@H]2CCC(C)=C[C@H]12. The number of carbonyl (C=O) groups excluding carboxylic acids is 1. The number of rotatable bonds is 2. The second-order valence-corrected chi connectivity index (χ2v) is 5.73. The first-order chi connectivity index (χ1) is 8.61. The summed E-state index contributed by atoms with van der Waals surface area (Å²) in [6.07, 6.45) is 8.88. The lowest BCUT2D eigenvalue weighted by Gasteiger charge is -2.40. The Hall–Kier alpha value is -1.05. The van der Waals surface area contributed by atoms with E-state index >= 15 is 0 Å². The topological polar surface area (TPSA) is 26.3 Å². The second-order valence-electron chi connectivity index (χ2n) is 5.73. The van der Waals surface area contributed by atoms with E-state index in [9.17, 15) is 4.79 Å². The molecule has 0 aliphatic heterocycles. The van der Waals surface area contributed by atoms with E-state index in [1.807, 2.05) is 6.92 Å². The van der Waals surface area contributed by atoms with Crippen LogP contribution in [-0.2, 0) is 9.53 Å². The van der Waals surface area contributed by atoms with E-state index in [1.165, 1.54) is 30.4 Å². The van der Waals surface area contributed by atoms with Gasteiger partial charge in [-0.05, 0) is 51.4 Å². The minimum absolute atomic E-state index is 0.169. The van der Waals surface area contributed by atoms with Crippen LogP contribution in [-0.4, -0.2) is 12.6 Å². The molecular weight excluding hydrogens is 224 g/mol. The molecule has 0 N–H and O–H groups in total. The lowest BCUT2D eigenvalue weighted by Crippen LogP contribution is -2.30. The van der Waals surface area contributed by atoms with Gasteiger partial charge >= 0.3 is 5.97 Å². The maximum absolute atomic E-state index is 11.6. The third-order valence-corrected chi connectivity index (χ3v) is 4.43. The normalized spacial score (nSPS) is 33.8. The number of carbonyl (C=O) groups is 1. The summed E-state index contributed by atoms with van der Waals surface area (Å²) in [6.45, 7) is 6.87. The minimum Gasteiger partial charge on any atom is -0.463 e. The van der Waals surface area contributed by atoms with E-state index in [0.717, 1.165) is 18.3 Å². The van der Waals surface area contributed by atoms with E-state index < -0.39 is 0 Å². The molecule has 0 heterocycles. The fourth-order valence-corrected chi connectivity index (χ4v) is 3.39. The molecule has 1 fully saturated rings. The average Bonchev–Trinajstić information content (AvgIpc) is 2.33. The van der Waals surface area contributed by atoms with Crippen molar-refractivity contribution in [2.45, 2.75) is 46.5 Å². The number of esters is 1. The van der Waals surface area contributed by atoms with Crippen molar-refractivity contribution in [2.75, 3.05) is 6.61 Å². The molecule has 0 spiro atoms. The van der Waals surface area contributed by atoms with E-state index in [4.69, 9.17) is 4.74 Å². The molecule has 0 aromatic heterocycles. The number of hydrogen-bond acceptors (Lipinski definition) is 2. The Labute approximate surface area is 110 Å². The van der Waals surface area contributed by atoms with Gasteiger partial charge in [-0.2, -0.15) is 0 Å². The first-order valence-electron chi connectivity index (χ1n) is 7.16. The molecule has 2 aliphatic rings. The molecule has 100 valence electrons. The third-order valence-electron chi connectivity index (χ3n) is 4.43. The average molecular weight is 248 g/mol. The Morgan fingerprint density at radius 2 is 2.22 bits per heavy atom. The fraction of sp³-hybridized carbons (Fsp3) is 0.688. The molecular formula is C16H24O2. The van der Waals surface area contributed by atoms with E-state index in [2.05, 4.69) is 19.9 Å². The van der Waals surface area contributed by atoms with Gasteiger partial charge in [0.2, 0.25) is 0 Å². The number of fused-ring (bicyclic) bond motifs is 1. The fourth-order valence-electron chi connectivity index (χ4n) is 3.39. The first-order valence-corrected chi connectivity index (χ1v) is 7.16. The highest BCUT2D eigenvalue weighted by Gasteiger charge is 2.34. The summed E-state index contributed by atoms with van der Waals surface area (Å²) in [6, 6.07) is 0. The van der Waals surface area contributed by atoms with Gasteiger partial charge in [-0.25, -0.2) is 4.79 Å². The van der Waals surface area contributed by atoms with Crippen LogP contribution in [0.4, 0.5) is 0 Å². The summed E-state index contributed by atoms with van der Waals surface area (Å²) in [5.41, 5.74) is 2.76. The van der Waals surface area contributed by atoms with Crippen LogP contribution in [0.25, 0.3) is 0 Å². The van der Waals surface area contributed by atoms with Crippen LogP contribution >= 0.6 is 0 Å². The van der Waals surface area contributed by atoms with E-state index in [1.54, 1.807) is 6.08 Å². The summed E-state index contributed by atoms with van der Waals surface area (Å²) in [7, 11) is 0. The first kappa shape index (κ1) is 13.4. The molecule has 2 heteroatoms. The standard InChI is InChI=1S/C16H24O2/c1-4-18-16(17)10-13-7-6-12(3)14-8-5-11(2)9-15(13)14/h9-10,12,14-15H,4-8H2,1-3H3/b13-10+/t12-,14+,15+/m0/s1. The molecule has 2 nitrogen and oxygen atoms in total. The highest BCUT2D eigenvalue weighted by atomic mass is 16.5. The van der Waals surface area contributed by atoms with Crippen molar-refractivity contribution in [3.63, 3.8) is 0 Å². The molecule has 3 atom stereocenters. The van der Waals surface area contributed by atoms with Crippen molar-refractivity contribution in [2.24, 2.45) is 17.8 Å². The lowest BCUT2D eigenvalue weighted by molar-refractivity contribution is -0.137. The third kappa shape index (κ3) is 2.85. The van der Waals surface area contributed by atoms with Gasteiger partial charge in [0.05, 0.1) is 6.61 Å². The van der Waals surface area contributed by atoms with Crippen molar-refractivity contribution in [3.8, 4) is 0 Å². The van der Waals surface area contributed by atoms with Gasteiger partial charge in [0, 0.05) is 12.0 Å². The smallest absolute Gasteiger partial charge is 0.330 e. The van der Waals surface area contributed by atoms with Crippen molar-refractivity contribution in [1.29, 1.82) is 0 Å². The van der Waals surface area contributed by atoms with Crippen molar-refractivity contribution < 1.29 is 9.53 Å². The van der Waals surface area contributed by atoms with Crippen molar-refractivity contribution in [1.82, 2.24) is 0 Å². The second kappa shape index (κ2) is 5.73. The summed E-state index contributed by atoms with van der Waals surface area (Å²) < 4.78 is 5.04. The molecule has 0 aromatic rings. The lowest BCUT2D eigenvalue weighted by atomic mass is 9.65. The molecule has 1 saturated carbocycles. The van der Waals surface area contributed by atoms with Gasteiger partial charge < -0.3 is 4.74 Å². The molecule has 18 heavy (non-hydrogen) atoms. The van der Waals surface area contributed by atoms with E-state index in [0.29, 0.717) is 12.5 Å². The zero-order valence-corrected chi connectivity index (χ0v) is 11.7. The molecule has 0 amide bonds. The summed E-state index contributed by atoms with van der Waals surface area (Å²) in [5.74, 6) is 1.81. The van der Waals surface area contributed by atoms with Crippen molar-refractivity contribution in [3.05, 3.63) is 23.3 Å². The number of hydrogen-bond donors (Lipinski definition) is 0. The maximum Gasteiger partial charge on any atom is 0.330 e. The van der Waals surface area contributed by atoms with Crippen LogP contribution in [0, 0.1) is 17.8 Å². The molecule has 0 unspecified atom stereocenters. The van der Waals surface area contributed by atoms with Crippen LogP contribution in [0.3, 0.4) is 0 Å². The number of ether oxygens (including phenoxy) is 1. The van der Waals surface area contributed by atoms with Crippen LogP contribution in [0.2, 0.25) is 0 Å². The Morgan fingerprint density at radius 1 is 1.44 bits per heavy atom. The Kier molecular flexibility index (Phi) is 4.26.